The van der Waals surface area contributed by atoms with Crippen molar-refractivity contribution in [3.63, 3.8) is 0 Å². The predicted molar refractivity (Wildman–Crippen MR) is 49.3 cm³/mol. The van der Waals surface area contributed by atoms with E-state index >= 15 is 0 Å². The average molecular weight is 240 g/mol. The molecule has 0 spiro atoms. The summed E-state index contributed by atoms with van der Waals surface area (Å²) in [4.78, 5) is 0. The normalized spacial score (nSPS) is 31.2. The maximum atomic E-state index is 11.4. The van der Waals surface area contributed by atoms with Crippen LogP contribution < -0.4 is 4.72 Å². The monoisotopic (exact) mass is 239 g/mol. The van der Waals surface area contributed by atoms with Crippen LogP contribution in [-0.2, 0) is 15.1 Å². The highest BCUT2D eigenvalue weighted by atomic mass is 35.5. The number of hydrogen-bond acceptors (Lipinski definition) is 4. The van der Waals surface area contributed by atoms with E-state index in [1.54, 1.807) is 5.38 Å². The Morgan fingerprint density at radius 3 is 3.00 bits per heavy atom. The van der Waals surface area contributed by atoms with Crippen molar-refractivity contribution in [2.75, 3.05) is 6.54 Å². The van der Waals surface area contributed by atoms with Crippen LogP contribution in [0.5, 0.6) is 0 Å². The molecule has 0 fully saturated rings. The van der Waals surface area contributed by atoms with Crippen LogP contribution in [0.25, 0.3) is 0 Å². The van der Waals surface area contributed by atoms with Gasteiger partial charge in [0.15, 0.2) is 5.06 Å². The Bertz CT molecular complexity index is 436. The summed E-state index contributed by atoms with van der Waals surface area (Å²) in [5, 5.41) is 9.57. The molecule has 0 aliphatic carbocycles. The standard InChI is InChI=1S/C6H6ClNO3S2/c7-6(9)3-8-13(10,11)5-4(6)1-2-12-5/h1-2,8-9H,3H2. The van der Waals surface area contributed by atoms with Gasteiger partial charge >= 0.3 is 0 Å². The van der Waals surface area contributed by atoms with Crippen LogP contribution >= 0.6 is 22.9 Å². The lowest BCUT2D eigenvalue weighted by atomic mass is 10.2. The Balaban J connectivity index is 2.70. The number of halogens is 1. The van der Waals surface area contributed by atoms with Gasteiger partial charge in [-0.15, -0.1) is 11.3 Å². The molecule has 0 saturated carbocycles. The zero-order chi connectivity index (χ0) is 9.69. The average Bonchev–Trinajstić information content (AvgIpc) is 2.48. The van der Waals surface area contributed by atoms with Crippen molar-refractivity contribution in [3.05, 3.63) is 17.0 Å². The third-order valence-corrected chi connectivity index (χ3v) is 5.01. The topological polar surface area (TPSA) is 66.4 Å². The molecule has 0 radical (unpaired) electrons. The van der Waals surface area contributed by atoms with Gasteiger partial charge in [-0.2, -0.15) is 0 Å². The van der Waals surface area contributed by atoms with E-state index in [4.69, 9.17) is 11.6 Å². The number of fused-ring (bicyclic) bond motifs is 1. The number of aliphatic hydroxyl groups is 1. The van der Waals surface area contributed by atoms with E-state index < -0.39 is 15.1 Å². The Labute approximate surface area is 84.2 Å². The molecule has 1 aromatic heterocycles. The molecule has 1 aromatic rings. The van der Waals surface area contributed by atoms with Gasteiger partial charge in [-0.3, -0.25) is 0 Å². The highest BCUT2D eigenvalue weighted by Crippen LogP contribution is 2.37. The Morgan fingerprint density at radius 1 is 1.69 bits per heavy atom. The molecule has 0 saturated heterocycles. The van der Waals surface area contributed by atoms with Crippen molar-refractivity contribution >= 4 is 33.0 Å². The second-order valence-electron chi connectivity index (χ2n) is 2.71. The van der Waals surface area contributed by atoms with Crippen LogP contribution in [0.15, 0.2) is 15.7 Å². The molecule has 4 nitrogen and oxygen atoms in total. The summed E-state index contributed by atoms with van der Waals surface area (Å²) in [5.74, 6) is 0. The summed E-state index contributed by atoms with van der Waals surface area (Å²) in [6, 6.07) is 1.52. The van der Waals surface area contributed by atoms with Crippen molar-refractivity contribution in [2.24, 2.45) is 0 Å². The van der Waals surface area contributed by atoms with Gasteiger partial charge in [-0.05, 0) is 11.4 Å². The van der Waals surface area contributed by atoms with E-state index in [0.717, 1.165) is 11.3 Å². The number of nitrogens with one attached hydrogen (secondary N) is 1. The number of rotatable bonds is 0. The fraction of sp³-hybridized carbons (Fsp3) is 0.333. The molecule has 1 aliphatic heterocycles. The second kappa shape index (κ2) is 2.68. The van der Waals surface area contributed by atoms with Gasteiger partial charge in [0.2, 0.25) is 0 Å². The van der Waals surface area contributed by atoms with Crippen LogP contribution in [0.1, 0.15) is 5.56 Å². The van der Waals surface area contributed by atoms with E-state index in [9.17, 15) is 13.5 Å². The molecule has 1 unspecified atom stereocenters. The number of β-amino-alcohol motifs (C(OH)–C–C–N with tert-alkyl or cyclic N) is 1. The van der Waals surface area contributed by atoms with Gasteiger partial charge in [0.1, 0.15) is 4.21 Å². The second-order valence-corrected chi connectivity index (χ2v) is 6.21. The maximum absolute atomic E-state index is 11.4. The van der Waals surface area contributed by atoms with Gasteiger partial charge < -0.3 is 5.11 Å². The Hall–Kier alpha value is -0.140. The first-order chi connectivity index (χ1) is 5.93. The number of hydrogen-bond donors (Lipinski definition) is 2. The van der Waals surface area contributed by atoms with E-state index in [1.165, 1.54) is 6.07 Å². The first-order valence-electron chi connectivity index (χ1n) is 3.42. The highest BCUT2D eigenvalue weighted by Gasteiger charge is 2.39. The first kappa shape index (κ1) is 9.42. The maximum Gasteiger partial charge on any atom is 0.250 e. The minimum Gasteiger partial charge on any atom is -0.370 e. The van der Waals surface area contributed by atoms with Gasteiger partial charge in [0, 0.05) is 5.56 Å². The van der Waals surface area contributed by atoms with Gasteiger partial charge in [-0.1, -0.05) is 11.6 Å². The van der Waals surface area contributed by atoms with Crippen molar-refractivity contribution < 1.29 is 13.5 Å². The SMILES string of the molecule is O=S1(=O)NCC(O)(Cl)c2ccsc21. The largest absolute Gasteiger partial charge is 0.370 e. The number of thiophene rings is 1. The Morgan fingerprint density at radius 2 is 2.38 bits per heavy atom. The summed E-state index contributed by atoms with van der Waals surface area (Å²) in [6.07, 6.45) is 0. The van der Waals surface area contributed by atoms with Crippen LogP contribution in [0.2, 0.25) is 0 Å². The molecule has 2 N–H and O–H groups in total. The zero-order valence-electron chi connectivity index (χ0n) is 6.32. The molecule has 72 valence electrons. The molecule has 13 heavy (non-hydrogen) atoms. The molecule has 1 atom stereocenters. The van der Waals surface area contributed by atoms with E-state index in [1.807, 2.05) is 0 Å². The molecule has 0 amide bonds. The first-order valence-corrected chi connectivity index (χ1v) is 6.16. The fourth-order valence-electron chi connectivity index (χ4n) is 1.14. The zero-order valence-corrected chi connectivity index (χ0v) is 8.71. The molecular weight excluding hydrogens is 234 g/mol. The Kier molecular flexibility index (Phi) is 1.94. The summed E-state index contributed by atoms with van der Waals surface area (Å²) >= 11 is 6.75. The summed E-state index contributed by atoms with van der Waals surface area (Å²) in [7, 11) is -3.45. The van der Waals surface area contributed by atoms with Gasteiger partial charge in [0.25, 0.3) is 10.0 Å². The quantitative estimate of drug-likeness (QED) is 0.645. The van der Waals surface area contributed by atoms with Crippen molar-refractivity contribution in [3.8, 4) is 0 Å². The van der Waals surface area contributed by atoms with Crippen molar-refractivity contribution in [2.45, 2.75) is 9.27 Å². The third-order valence-electron chi connectivity index (χ3n) is 1.78. The lowest BCUT2D eigenvalue weighted by Crippen LogP contribution is -2.42. The lowest BCUT2D eigenvalue weighted by Gasteiger charge is -2.26. The van der Waals surface area contributed by atoms with E-state index in [0.29, 0.717) is 0 Å². The minimum absolute atomic E-state index is 0.0938. The summed E-state index contributed by atoms with van der Waals surface area (Å²) < 4.78 is 25.0. The molecular formula is C6H6ClNO3S2. The lowest BCUT2D eigenvalue weighted by molar-refractivity contribution is 0.128. The van der Waals surface area contributed by atoms with Crippen LogP contribution in [0.3, 0.4) is 0 Å². The van der Waals surface area contributed by atoms with Crippen LogP contribution in [0, 0.1) is 0 Å². The van der Waals surface area contributed by atoms with Crippen LogP contribution in [-0.4, -0.2) is 20.1 Å². The molecule has 7 heteroatoms. The molecule has 1 aliphatic rings. The minimum atomic E-state index is -3.45. The molecule has 0 bridgehead atoms. The molecule has 2 rings (SSSR count). The smallest absolute Gasteiger partial charge is 0.250 e. The number of sulfonamides is 1. The van der Waals surface area contributed by atoms with E-state index in [-0.39, 0.29) is 16.3 Å². The third kappa shape index (κ3) is 1.38. The fourth-order valence-corrected chi connectivity index (χ4v) is 4.15. The van der Waals surface area contributed by atoms with Crippen molar-refractivity contribution in [1.82, 2.24) is 4.72 Å². The summed E-state index contributed by atoms with van der Waals surface area (Å²) in [5.41, 5.74) is 0.262. The summed E-state index contributed by atoms with van der Waals surface area (Å²) in [6.45, 7) is -0.194. The highest BCUT2D eigenvalue weighted by molar-refractivity contribution is 7.91. The van der Waals surface area contributed by atoms with Gasteiger partial charge in [0.05, 0.1) is 6.54 Å². The van der Waals surface area contributed by atoms with Crippen molar-refractivity contribution in [1.29, 1.82) is 0 Å². The van der Waals surface area contributed by atoms with Gasteiger partial charge in [-0.25, -0.2) is 13.1 Å². The molecule has 2 heterocycles. The van der Waals surface area contributed by atoms with E-state index in [2.05, 4.69) is 4.72 Å². The van der Waals surface area contributed by atoms with Crippen LogP contribution in [0.4, 0.5) is 0 Å². The predicted octanol–water partition coefficient (Wildman–Crippen LogP) is 0.424. The molecule has 0 aromatic carbocycles. The number of alkyl halides is 1.